The minimum atomic E-state index is -0.131. The zero-order valence-electron chi connectivity index (χ0n) is 13.6. The molecule has 0 radical (unpaired) electrons. The molecular weight excluding hydrogens is 270 g/mol. The largest absolute Gasteiger partial charge is 0.488 e. The van der Waals surface area contributed by atoms with Gasteiger partial charge in [0.1, 0.15) is 12.4 Å². The molecule has 2 N–H and O–H groups in total. The van der Waals surface area contributed by atoms with E-state index in [0.717, 1.165) is 18.6 Å². The van der Waals surface area contributed by atoms with Crippen LogP contribution in [0.1, 0.15) is 47.9 Å². The molecule has 0 atom stereocenters. The van der Waals surface area contributed by atoms with Gasteiger partial charge in [0, 0.05) is 5.54 Å². The fourth-order valence-electron chi connectivity index (χ4n) is 3.49. The Morgan fingerprint density at radius 1 is 1.00 bits per heavy atom. The normalized spacial score (nSPS) is 16.7. The summed E-state index contributed by atoms with van der Waals surface area (Å²) < 4.78 is 6.06. The number of hydrogen-bond acceptors (Lipinski definition) is 2. The van der Waals surface area contributed by atoms with Crippen LogP contribution in [0.4, 0.5) is 0 Å². The molecule has 1 fully saturated rings. The first-order chi connectivity index (χ1) is 10.6. The van der Waals surface area contributed by atoms with Crippen molar-refractivity contribution in [1.29, 1.82) is 0 Å². The molecule has 2 heteroatoms. The molecule has 3 rings (SSSR count). The van der Waals surface area contributed by atoms with E-state index in [-0.39, 0.29) is 5.54 Å². The third-order valence-electron chi connectivity index (χ3n) is 4.76. The number of hydrogen-bond donors (Lipinski definition) is 1. The molecule has 2 nitrogen and oxygen atoms in total. The summed E-state index contributed by atoms with van der Waals surface area (Å²) in [5.41, 5.74) is 11.3. The molecule has 0 aromatic heterocycles. The van der Waals surface area contributed by atoms with Crippen molar-refractivity contribution in [2.24, 2.45) is 5.73 Å². The molecule has 0 amide bonds. The fraction of sp³-hybridized carbons (Fsp3) is 0.400. The summed E-state index contributed by atoms with van der Waals surface area (Å²) in [6.45, 7) is 4.85. The van der Waals surface area contributed by atoms with E-state index in [1.165, 1.54) is 35.1 Å². The Hall–Kier alpha value is -1.80. The monoisotopic (exact) mass is 295 g/mol. The van der Waals surface area contributed by atoms with Gasteiger partial charge in [0.2, 0.25) is 0 Å². The van der Waals surface area contributed by atoms with Crippen LogP contribution < -0.4 is 10.5 Å². The minimum Gasteiger partial charge on any atom is -0.488 e. The first kappa shape index (κ1) is 15.1. The van der Waals surface area contributed by atoms with E-state index in [4.69, 9.17) is 10.5 Å². The van der Waals surface area contributed by atoms with Crippen LogP contribution in [0.15, 0.2) is 42.5 Å². The maximum absolute atomic E-state index is 6.59. The number of ether oxygens (including phenoxy) is 1. The molecule has 0 bridgehead atoms. The van der Waals surface area contributed by atoms with E-state index >= 15 is 0 Å². The van der Waals surface area contributed by atoms with Gasteiger partial charge < -0.3 is 10.5 Å². The molecule has 22 heavy (non-hydrogen) atoms. The first-order valence-corrected chi connectivity index (χ1v) is 8.16. The molecule has 1 aliphatic carbocycles. The zero-order chi connectivity index (χ0) is 15.6. The van der Waals surface area contributed by atoms with Crippen molar-refractivity contribution in [2.75, 3.05) is 0 Å². The number of benzene rings is 2. The lowest BCUT2D eigenvalue weighted by molar-refractivity contribution is 0.301. The summed E-state index contributed by atoms with van der Waals surface area (Å²) in [7, 11) is 0. The van der Waals surface area contributed by atoms with Gasteiger partial charge in [0.15, 0.2) is 0 Å². The maximum atomic E-state index is 6.59. The summed E-state index contributed by atoms with van der Waals surface area (Å²) in [4.78, 5) is 0. The van der Waals surface area contributed by atoms with Crippen LogP contribution in [-0.2, 0) is 12.1 Å². The van der Waals surface area contributed by atoms with Crippen molar-refractivity contribution in [2.45, 2.75) is 51.7 Å². The van der Waals surface area contributed by atoms with Crippen molar-refractivity contribution in [1.82, 2.24) is 0 Å². The molecule has 1 saturated carbocycles. The third-order valence-corrected chi connectivity index (χ3v) is 4.76. The molecular formula is C20H25NO. The highest BCUT2D eigenvalue weighted by molar-refractivity contribution is 5.45. The highest BCUT2D eigenvalue weighted by atomic mass is 16.5. The third kappa shape index (κ3) is 3.02. The second-order valence-corrected chi connectivity index (χ2v) is 6.58. The van der Waals surface area contributed by atoms with Gasteiger partial charge in [-0.05, 0) is 48.9 Å². The topological polar surface area (TPSA) is 35.2 Å². The average Bonchev–Trinajstić information content (AvgIpc) is 2.95. The smallest absolute Gasteiger partial charge is 0.125 e. The van der Waals surface area contributed by atoms with Crippen LogP contribution in [0.5, 0.6) is 5.75 Å². The van der Waals surface area contributed by atoms with Crippen LogP contribution in [0, 0.1) is 13.8 Å². The molecule has 0 aliphatic heterocycles. The van der Waals surface area contributed by atoms with E-state index in [1.54, 1.807) is 0 Å². The molecule has 0 saturated heterocycles. The lowest BCUT2D eigenvalue weighted by atomic mass is 9.87. The Labute approximate surface area is 133 Å². The van der Waals surface area contributed by atoms with Gasteiger partial charge in [-0.1, -0.05) is 55.3 Å². The Balaban J connectivity index is 1.81. The van der Waals surface area contributed by atoms with Crippen LogP contribution in [0.2, 0.25) is 0 Å². The average molecular weight is 295 g/mol. The van der Waals surface area contributed by atoms with Gasteiger partial charge in [-0.25, -0.2) is 0 Å². The highest BCUT2D eigenvalue weighted by Crippen LogP contribution is 2.39. The Kier molecular flexibility index (Phi) is 4.21. The summed E-state index contributed by atoms with van der Waals surface area (Å²) >= 11 is 0. The van der Waals surface area contributed by atoms with E-state index in [0.29, 0.717) is 6.61 Å². The van der Waals surface area contributed by atoms with E-state index in [9.17, 15) is 0 Å². The highest BCUT2D eigenvalue weighted by Gasteiger charge is 2.31. The van der Waals surface area contributed by atoms with Crippen molar-refractivity contribution < 1.29 is 4.74 Å². The van der Waals surface area contributed by atoms with Crippen LogP contribution in [0.3, 0.4) is 0 Å². The minimum absolute atomic E-state index is 0.131. The molecule has 0 spiro atoms. The van der Waals surface area contributed by atoms with Crippen LogP contribution in [0.25, 0.3) is 0 Å². The second-order valence-electron chi connectivity index (χ2n) is 6.58. The van der Waals surface area contributed by atoms with Gasteiger partial charge in [-0.3, -0.25) is 0 Å². The van der Waals surface area contributed by atoms with Crippen LogP contribution >= 0.6 is 0 Å². The van der Waals surface area contributed by atoms with Crippen molar-refractivity contribution in [3.63, 3.8) is 0 Å². The van der Waals surface area contributed by atoms with Crippen molar-refractivity contribution >= 4 is 0 Å². The predicted molar refractivity (Wildman–Crippen MR) is 91.0 cm³/mol. The lowest BCUT2D eigenvalue weighted by Crippen LogP contribution is -2.33. The number of aryl methyl sites for hydroxylation is 2. The fourth-order valence-corrected chi connectivity index (χ4v) is 3.49. The molecule has 0 unspecified atom stereocenters. The maximum Gasteiger partial charge on any atom is 0.125 e. The van der Waals surface area contributed by atoms with E-state index < -0.39 is 0 Å². The van der Waals surface area contributed by atoms with E-state index in [1.807, 2.05) is 18.2 Å². The SMILES string of the molecule is Cc1cc(C2(N)CCCC2)cc(C)c1OCc1ccccc1. The van der Waals surface area contributed by atoms with Crippen molar-refractivity contribution in [3.8, 4) is 5.75 Å². The lowest BCUT2D eigenvalue weighted by Gasteiger charge is -2.26. The van der Waals surface area contributed by atoms with Gasteiger partial charge in [0.25, 0.3) is 0 Å². The summed E-state index contributed by atoms with van der Waals surface area (Å²) in [6, 6.07) is 14.7. The molecule has 2 aromatic rings. The molecule has 116 valence electrons. The summed E-state index contributed by atoms with van der Waals surface area (Å²) in [5.74, 6) is 0.995. The number of rotatable bonds is 4. The predicted octanol–water partition coefficient (Wildman–Crippen LogP) is 4.61. The molecule has 0 heterocycles. The van der Waals surface area contributed by atoms with Gasteiger partial charge >= 0.3 is 0 Å². The zero-order valence-corrected chi connectivity index (χ0v) is 13.6. The first-order valence-electron chi connectivity index (χ1n) is 8.16. The molecule has 1 aliphatic rings. The Bertz CT molecular complexity index is 619. The van der Waals surface area contributed by atoms with Gasteiger partial charge in [-0.15, -0.1) is 0 Å². The van der Waals surface area contributed by atoms with Crippen LogP contribution in [-0.4, -0.2) is 0 Å². The summed E-state index contributed by atoms with van der Waals surface area (Å²) in [6.07, 6.45) is 4.66. The van der Waals surface area contributed by atoms with E-state index in [2.05, 4.69) is 38.1 Å². The Morgan fingerprint density at radius 2 is 1.59 bits per heavy atom. The van der Waals surface area contributed by atoms with Crippen molar-refractivity contribution in [3.05, 3.63) is 64.7 Å². The second kappa shape index (κ2) is 6.13. The Morgan fingerprint density at radius 3 is 2.18 bits per heavy atom. The standard InChI is InChI=1S/C20H25NO/c1-15-12-18(20(21)10-6-7-11-20)13-16(2)19(15)22-14-17-8-4-3-5-9-17/h3-5,8-9,12-13H,6-7,10-11,14,21H2,1-2H3. The quantitative estimate of drug-likeness (QED) is 0.894. The van der Waals surface area contributed by atoms with Gasteiger partial charge in [-0.2, -0.15) is 0 Å². The molecule has 2 aromatic carbocycles. The van der Waals surface area contributed by atoms with Gasteiger partial charge in [0.05, 0.1) is 0 Å². The summed E-state index contributed by atoms with van der Waals surface area (Å²) in [5, 5.41) is 0. The number of nitrogens with two attached hydrogens (primary N) is 1.